The van der Waals surface area contributed by atoms with E-state index in [1.165, 1.54) is 22.3 Å². The van der Waals surface area contributed by atoms with E-state index < -0.39 is 16.1 Å². The summed E-state index contributed by atoms with van der Waals surface area (Å²) in [6, 6.07) is 7.39. The zero-order valence-electron chi connectivity index (χ0n) is 18.4. The first-order valence-electron chi connectivity index (χ1n) is 8.73. The van der Waals surface area contributed by atoms with Crippen molar-refractivity contribution < 1.29 is 58.9 Å². The standard InChI is InChI=1S/C21H33Si2.3ClH.Ti/c1-15-11-19(22(6,7)8)13-20(12-15)23(9,10)21(5)14-16(2)17(3)18(21)4;;;;/h11-13H,1-10H3;3*1H;/q-1;;;;+4/p-3. The molecular formula is C21H33Cl3Si2Ti. The summed E-state index contributed by atoms with van der Waals surface area (Å²) in [4.78, 5) is 0. The minimum atomic E-state index is -1.73. The van der Waals surface area contributed by atoms with Crippen LogP contribution in [0.2, 0.25) is 37.8 Å². The quantitative estimate of drug-likeness (QED) is 0.299. The van der Waals surface area contributed by atoms with E-state index in [2.05, 4.69) is 91.6 Å². The van der Waals surface area contributed by atoms with Gasteiger partial charge in [0.2, 0.25) is 0 Å². The maximum absolute atomic E-state index is 3.86. The molecular weight excluding hydrogens is 463 g/mol. The van der Waals surface area contributed by atoms with Crippen molar-refractivity contribution in [2.45, 2.75) is 72.4 Å². The summed E-state index contributed by atoms with van der Waals surface area (Å²) in [6.45, 7) is 23.9. The number of rotatable bonds is 3. The van der Waals surface area contributed by atoms with Gasteiger partial charge in [-0.05, 0) is 6.92 Å². The molecule has 0 amide bonds. The third kappa shape index (κ3) is 5.87. The maximum atomic E-state index is 3.86. The van der Waals surface area contributed by atoms with E-state index in [0.717, 1.165) is 0 Å². The SMILES string of the molecule is CC1=[C-]C(C)([Si](C)(C)c2cc(C)cc([Si](C)(C)C)c2)C(C)=C1C.[Cl-].[Cl-].[Cl-].[Ti+4]. The maximum Gasteiger partial charge on any atom is 4.00 e. The van der Waals surface area contributed by atoms with Gasteiger partial charge in [0.1, 0.15) is 0 Å². The van der Waals surface area contributed by atoms with Gasteiger partial charge in [0.25, 0.3) is 0 Å². The molecule has 0 saturated carbocycles. The summed E-state index contributed by atoms with van der Waals surface area (Å²) in [5.74, 6) is 0. The number of allylic oxidation sites excluding steroid dienone is 4. The average Bonchev–Trinajstić information content (AvgIpc) is 2.62. The van der Waals surface area contributed by atoms with Gasteiger partial charge >= 0.3 is 21.7 Å². The third-order valence-electron chi connectivity index (χ3n) is 6.23. The molecule has 27 heavy (non-hydrogen) atoms. The van der Waals surface area contributed by atoms with Gasteiger partial charge in [-0.3, -0.25) is 6.08 Å². The number of halogens is 3. The molecule has 0 nitrogen and oxygen atoms in total. The van der Waals surface area contributed by atoms with Gasteiger partial charge in [-0.25, -0.2) is 5.57 Å². The van der Waals surface area contributed by atoms with Crippen molar-refractivity contribution in [3.63, 3.8) is 0 Å². The number of hydrogen-bond donors (Lipinski definition) is 0. The summed E-state index contributed by atoms with van der Waals surface area (Å²) >= 11 is 0. The van der Waals surface area contributed by atoms with E-state index in [1.54, 1.807) is 10.4 Å². The monoisotopic (exact) mass is 494 g/mol. The Morgan fingerprint density at radius 3 is 1.59 bits per heavy atom. The second-order valence-electron chi connectivity index (χ2n) is 9.09. The van der Waals surface area contributed by atoms with Crippen LogP contribution in [0.1, 0.15) is 33.3 Å². The van der Waals surface area contributed by atoms with Crippen molar-refractivity contribution in [1.82, 2.24) is 0 Å². The normalized spacial score (nSPS) is 19.3. The summed E-state index contributed by atoms with van der Waals surface area (Å²) in [7, 11) is -3.02. The Hall–Kier alpha value is 0.718. The third-order valence-corrected chi connectivity index (χ3v) is 13.0. The summed E-state index contributed by atoms with van der Waals surface area (Å²) in [5.41, 5.74) is 5.75. The van der Waals surface area contributed by atoms with E-state index in [-0.39, 0.29) is 64.0 Å². The fourth-order valence-electron chi connectivity index (χ4n) is 3.71. The van der Waals surface area contributed by atoms with Crippen LogP contribution >= 0.6 is 0 Å². The molecule has 0 aliphatic heterocycles. The van der Waals surface area contributed by atoms with Crippen molar-refractivity contribution >= 4 is 26.5 Å². The van der Waals surface area contributed by atoms with Crippen LogP contribution in [0.5, 0.6) is 0 Å². The average molecular weight is 496 g/mol. The Morgan fingerprint density at radius 1 is 0.778 bits per heavy atom. The Morgan fingerprint density at radius 2 is 1.22 bits per heavy atom. The van der Waals surface area contributed by atoms with Crippen LogP contribution in [-0.2, 0) is 21.7 Å². The second-order valence-corrected chi connectivity index (χ2v) is 19.0. The smallest absolute Gasteiger partial charge is 1.00 e. The van der Waals surface area contributed by atoms with Crippen LogP contribution in [0, 0.1) is 13.0 Å². The summed E-state index contributed by atoms with van der Waals surface area (Å²) in [5, 5.41) is 3.28. The van der Waals surface area contributed by atoms with E-state index in [1.807, 2.05) is 0 Å². The van der Waals surface area contributed by atoms with E-state index >= 15 is 0 Å². The van der Waals surface area contributed by atoms with Gasteiger partial charge in [0.05, 0.1) is 16.1 Å². The molecule has 1 aromatic carbocycles. The molecule has 1 aromatic rings. The minimum absolute atomic E-state index is 0. The number of aryl methyl sites for hydroxylation is 1. The first-order chi connectivity index (χ1) is 10.3. The largest absolute Gasteiger partial charge is 4.00 e. The molecule has 0 fully saturated rings. The van der Waals surface area contributed by atoms with Crippen LogP contribution in [0.3, 0.4) is 0 Å². The molecule has 1 unspecified atom stereocenters. The Bertz CT molecular complexity index is 719. The van der Waals surface area contributed by atoms with Gasteiger partial charge in [-0.15, -0.1) is 6.92 Å². The Kier molecular flexibility index (Phi) is 12.8. The molecule has 0 N–H and O–H groups in total. The molecule has 2 rings (SSSR count). The van der Waals surface area contributed by atoms with Crippen LogP contribution in [0.15, 0.2) is 34.9 Å². The Balaban J connectivity index is -0.00000144. The molecule has 1 atom stereocenters. The molecule has 0 spiro atoms. The van der Waals surface area contributed by atoms with Crippen molar-refractivity contribution in [2.24, 2.45) is 0 Å². The van der Waals surface area contributed by atoms with Gasteiger partial charge in [0, 0.05) is 0 Å². The molecule has 0 saturated heterocycles. The van der Waals surface area contributed by atoms with Crippen LogP contribution in [0.4, 0.5) is 0 Å². The minimum Gasteiger partial charge on any atom is -1.00 e. The predicted octanol–water partition coefficient (Wildman–Crippen LogP) is -3.68. The molecule has 6 heteroatoms. The molecule has 0 aromatic heterocycles. The zero-order chi connectivity index (χ0) is 17.8. The van der Waals surface area contributed by atoms with Gasteiger partial charge in [0.15, 0.2) is 0 Å². The molecule has 0 radical (unpaired) electrons. The van der Waals surface area contributed by atoms with E-state index in [9.17, 15) is 0 Å². The fraction of sp³-hybridized carbons (Fsp3) is 0.524. The Labute approximate surface area is 203 Å². The number of hydrogen-bond acceptors (Lipinski definition) is 0. The van der Waals surface area contributed by atoms with Crippen molar-refractivity contribution in [2.75, 3.05) is 0 Å². The number of benzene rings is 1. The zero-order valence-corrected chi connectivity index (χ0v) is 24.2. The molecule has 150 valence electrons. The fourth-order valence-corrected chi connectivity index (χ4v) is 8.41. The van der Waals surface area contributed by atoms with E-state index in [4.69, 9.17) is 0 Å². The molecule has 1 aliphatic rings. The molecule has 0 bridgehead atoms. The van der Waals surface area contributed by atoms with Gasteiger partial charge in [-0.2, -0.15) is 11.1 Å². The topological polar surface area (TPSA) is 0 Å². The summed E-state index contributed by atoms with van der Waals surface area (Å²) < 4.78 is 0. The van der Waals surface area contributed by atoms with E-state index in [0.29, 0.717) is 0 Å². The second kappa shape index (κ2) is 10.7. The molecule has 0 heterocycles. The van der Waals surface area contributed by atoms with Crippen LogP contribution in [0.25, 0.3) is 0 Å². The van der Waals surface area contributed by atoms with Crippen molar-refractivity contribution in [1.29, 1.82) is 0 Å². The van der Waals surface area contributed by atoms with Gasteiger partial charge < -0.3 is 37.2 Å². The van der Waals surface area contributed by atoms with Crippen LogP contribution < -0.4 is 47.6 Å². The van der Waals surface area contributed by atoms with Crippen LogP contribution in [-0.4, -0.2) is 16.1 Å². The van der Waals surface area contributed by atoms with Gasteiger partial charge in [-0.1, -0.05) is 92.7 Å². The van der Waals surface area contributed by atoms with Crippen molar-refractivity contribution in [3.05, 3.63) is 46.6 Å². The molecule has 1 aliphatic carbocycles. The first-order valence-corrected chi connectivity index (χ1v) is 15.2. The predicted molar refractivity (Wildman–Crippen MR) is 110 cm³/mol. The van der Waals surface area contributed by atoms with Crippen molar-refractivity contribution in [3.8, 4) is 0 Å². The summed E-state index contributed by atoms with van der Waals surface area (Å²) in [6.07, 6.45) is 3.86. The first kappa shape index (κ1) is 32.4.